The SMILES string of the molecule is COC(=O)[C@H](Cc1cnc[nH]1)NC(=O)c1sc(-c2ccccc2)nc1-c1ccccc1. The van der Waals surface area contributed by atoms with Gasteiger partial charge in [0.2, 0.25) is 0 Å². The van der Waals surface area contributed by atoms with E-state index in [2.05, 4.69) is 15.3 Å². The lowest BCUT2D eigenvalue weighted by molar-refractivity contribution is -0.142. The standard InChI is InChI=1S/C23H20N4O3S/c1-30-23(29)18(12-17-13-24-14-25-17)26-21(28)20-19(15-8-4-2-5-9-15)27-22(31-20)16-10-6-3-7-11-16/h2-11,13-14,18H,12H2,1H3,(H,24,25)(H,26,28)/t18-/m0/s1. The Morgan fingerprint density at radius 3 is 2.35 bits per heavy atom. The maximum Gasteiger partial charge on any atom is 0.328 e. The van der Waals surface area contributed by atoms with E-state index in [1.807, 2.05) is 60.7 Å². The number of nitrogens with one attached hydrogen (secondary N) is 2. The van der Waals surface area contributed by atoms with Crippen LogP contribution in [0.3, 0.4) is 0 Å². The summed E-state index contributed by atoms with van der Waals surface area (Å²) in [5, 5.41) is 3.54. The minimum absolute atomic E-state index is 0.240. The summed E-state index contributed by atoms with van der Waals surface area (Å²) in [5.74, 6) is -0.912. The Labute approximate surface area is 183 Å². The summed E-state index contributed by atoms with van der Waals surface area (Å²) >= 11 is 1.29. The van der Waals surface area contributed by atoms with E-state index < -0.39 is 12.0 Å². The van der Waals surface area contributed by atoms with Gasteiger partial charge in [-0.05, 0) is 0 Å². The number of esters is 1. The molecule has 0 aliphatic heterocycles. The van der Waals surface area contributed by atoms with Crippen LogP contribution < -0.4 is 5.32 Å². The lowest BCUT2D eigenvalue weighted by Crippen LogP contribution is -2.43. The highest BCUT2D eigenvalue weighted by Crippen LogP contribution is 2.33. The lowest BCUT2D eigenvalue weighted by Gasteiger charge is -2.15. The second kappa shape index (κ2) is 9.36. The summed E-state index contributed by atoms with van der Waals surface area (Å²) in [6.45, 7) is 0. The Morgan fingerprint density at radius 2 is 1.74 bits per heavy atom. The largest absolute Gasteiger partial charge is 0.467 e. The number of amides is 1. The maximum absolute atomic E-state index is 13.3. The molecule has 2 heterocycles. The number of imidazole rings is 1. The first-order valence-corrected chi connectivity index (χ1v) is 10.4. The van der Waals surface area contributed by atoms with Gasteiger partial charge in [0, 0.05) is 29.4 Å². The summed E-state index contributed by atoms with van der Waals surface area (Å²) < 4.78 is 4.89. The molecule has 0 unspecified atom stereocenters. The second-order valence-corrected chi connectivity index (χ2v) is 7.76. The van der Waals surface area contributed by atoms with Gasteiger partial charge in [0.1, 0.15) is 15.9 Å². The summed E-state index contributed by atoms with van der Waals surface area (Å²) in [7, 11) is 1.30. The molecule has 0 bridgehead atoms. The number of H-pyrrole nitrogens is 1. The number of thiazole rings is 1. The molecule has 2 aromatic heterocycles. The van der Waals surface area contributed by atoms with Crippen LogP contribution in [-0.4, -0.2) is 40.0 Å². The molecule has 4 rings (SSSR count). The fourth-order valence-electron chi connectivity index (χ4n) is 3.15. The average Bonchev–Trinajstić information content (AvgIpc) is 3.49. The quantitative estimate of drug-likeness (QED) is 0.434. The van der Waals surface area contributed by atoms with Gasteiger partial charge in [0.15, 0.2) is 0 Å². The summed E-state index contributed by atoms with van der Waals surface area (Å²) in [5.41, 5.74) is 3.04. The monoisotopic (exact) mass is 432 g/mol. The van der Waals surface area contributed by atoms with Gasteiger partial charge in [-0.1, -0.05) is 60.7 Å². The van der Waals surface area contributed by atoms with Crippen LogP contribution in [0.2, 0.25) is 0 Å². The Kier molecular flexibility index (Phi) is 6.18. The van der Waals surface area contributed by atoms with E-state index in [0.717, 1.165) is 16.1 Å². The van der Waals surface area contributed by atoms with Crippen LogP contribution in [0.25, 0.3) is 21.8 Å². The molecule has 0 aliphatic carbocycles. The fourth-order valence-corrected chi connectivity index (χ4v) is 4.14. The molecule has 7 nitrogen and oxygen atoms in total. The van der Waals surface area contributed by atoms with Crippen LogP contribution in [0.4, 0.5) is 0 Å². The first-order valence-electron chi connectivity index (χ1n) is 9.63. The first kappa shape index (κ1) is 20.5. The van der Waals surface area contributed by atoms with Crippen molar-refractivity contribution in [2.45, 2.75) is 12.5 Å². The maximum atomic E-state index is 13.3. The molecule has 0 fully saturated rings. The van der Waals surface area contributed by atoms with Gasteiger partial charge < -0.3 is 15.0 Å². The molecule has 2 N–H and O–H groups in total. The summed E-state index contributed by atoms with van der Waals surface area (Å²) in [6.07, 6.45) is 3.37. The molecule has 0 radical (unpaired) electrons. The molecule has 4 aromatic rings. The van der Waals surface area contributed by atoms with Crippen molar-refractivity contribution >= 4 is 23.2 Å². The van der Waals surface area contributed by atoms with E-state index in [4.69, 9.17) is 9.72 Å². The number of aromatic amines is 1. The number of hydrogen-bond acceptors (Lipinski definition) is 6. The highest BCUT2D eigenvalue weighted by atomic mass is 32.1. The number of rotatable bonds is 7. The third-order valence-electron chi connectivity index (χ3n) is 4.67. The van der Waals surface area contributed by atoms with Crippen molar-refractivity contribution in [3.8, 4) is 21.8 Å². The molecule has 0 saturated carbocycles. The van der Waals surface area contributed by atoms with E-state index in [1.54, 1.807) is 6.20 Å². The van der Waals surface area contributed by atoms with Crippen molar-refractivity contribution in [3.05, 3.63) is 83.8 Å². The first-order chi connectivity index (χ1) is 15.2. The number of hydrogen-bond donors (Lipinski definition) is 2. The van der Waals surface area contributed by atoms with E-state index in [-0.39, 0.29) is 12.3 Å². The third kappa shape index (κ3) is 4.70. The van der Waals surface area contributed by atoms with Crippen molar-refractivity contribution in [2.75, 3.05) is 7.11 Å². The number of ether oxygens (including phenoxy) is 1. The van der Waals surface area contributed by atoms with Crippen LogP contribution >= 0.6 is 11.3 Å². The van der Waals surface area contributed by atoms with Crippen LogP contribution in [0.15, 0.2) is 73.2 Å². The van der Waals surface area contributed by atoms with Crippen molar-refractivity contribution in [3.63, 3.8) is 0 Å². The van der Waals surface area contributed by atoms with E-state index in [0.29, 0.717) is 16.3 Å². The molecular formula is C23H20N4O3S. The van der Waals surface area contributed by atoms with Crippen molar-refractivity contribution in [1.82, 2.24) is 20.3 Å². The van der Waals surface area contributed by atoms with Crippen LogP contribution in [-0.2, 0) is 16.0 Å². The van der Waals surface area contributed by atoms with Gasteiger partial charge in [-0.2, -0.15) is 0 Å². The molecule has 156 valence electrons. The number of benzene rings is 2. The molecule has 8 heteroatoms. The van der Waals surface area contributed by atoms with Crippen LogP contribution in [0.5, 0.6) is 0 Å². The van der Waals surface area contributed by atoms with Gasteiger partial charge in [-0.25, -0.2) is 14.8 Å². The van der Waals surface area contributed by atoms with Crippen molar-refractivity contribution in [2.24, 2.45) is 0 Å². The topological polar surface area (TPSA) is 97.0 Å². The number of carbonyl (C=O) groups excluding carboxylic acids is 2. The smallest absolute Gasteiger partial charge is 0.328 e. The molecule has 31 heavy (non-hydrogen) atoms. The van der Waals surface area contributed by atoms with Crippen LogP contribution in [0, 0.1) is 0 Å². The summed E-state index contributed by atoms with van der Waals surface area (Å²) in [6, 6.07) is 18.3. The van der Waals surface area contributed by atoms with Crippen molar-refractivity contribution in [1.29, 1.82) is 0 Å². The molecule has 1 atom stereocenters. The molecule has 2 aromatic carbocycles. The zero-order valence-corrected chi connectivity index (χ0v) is 17.6. The molecule has 0 saturated heterocycles. The van der Waals surface area contributed by atoms with Gasteiger partial charge in [-0.15, -0.1) is 11.3 Å². The van der Waals surface area contributed by atoms with Gasteiger partial charge >= 0.3 is 5.97 Å². The van der Waals surface area contributed by atoms with E-state index in [9.17, 15) is 9.59 Å². The number of nitrogens with zero attached hydrogens (tertiary/aromatic N) is 2. The highest BCUT2D eigenvalue weighted by Gasteiger charge is 2.27. The zero-order chi connectivity index (χ0) is 21.6. The minimum atomic E-state index is -0.858. The highest BCUT2D eigenvalue weighted by molar-refractivity contribution is 7.17. The predicted molar refractivity (Wildman–Crippen MR) is 119 cm³/mol. The normalized spacial score (nSPS) is 11.6. The van der Waals surface area contributed by atoms with E-state index >= 15 is 0 Å². The van der Waals surface area contributed by atoms with Gasteiger partial charge in [-0.3, -0.25) is 4.79 Å². The Bertz CT molecular complexity index is 1160. The van der Waals surface area contributed by atoms with Crippen molar-refractivity contribution < 1.29 is 14.3 Å². The van der Waals surface area contributed by atoms with Gasteiger partial charge in [0.05, 0.1) is 19.1 Å². The van der Waals surface area contributed by atoms with E-state index in [1.165, 1.54) is 24.8 Å². The molecular weight excluding hydrogens is 412 g/mol. The van der Waals surface area contributed by atoms with Crippen LogP contribution in [0.1, 0.15) is 15.4 Å². The van der Waals surface area contributed by atoms with Gasteiger partial charge in [0.25, 0.3) is 5.91 Å². The Hall–Kier alpha value is -3.78. The second-order valence-electron chi connectivity index (χ2n) is 6.76. The number of aromatic nitrogens is 3. The fraction of sp³-hybridized carbons (Fsp3) is 0.130. The summed E-state index contributed by atoms with van der Waals surface area (Å²) in [4.78, 5) is 37.7. The number of carbonyl (C=O) groups is 2. The Morgan fingerprint density at radius 1 is 1.06 bits per heavy atom. The molecule has 0 spiro atoms. The average molecular weight is 433 g/mol. The number of methoxy groups -OCH3 is 1. The predicted octanol–water partition coefficient (Wildman–Crippen LogP) is 3.71. The Balaban J connectivity index is 1.68. The molecule has 1 amide bonds. The molecule has 0 aliphatic rings. The zero-order valence-electron chi connectivity index (χ0n) is 16.7. The lowest BCUT2D eigenvalue weighted by atomic mass is 10.1. The third-order valence-corrected chi connectivity index (χ3v) is 5.77. The minimum Gasteiger partial charge on any atom is -0.467 e.